The van der Waals surface area contributed by atoms with Gasteiger partial charge in [0, 0.05) is 31.7 Å². The van der Waals surface area contributed by atoms with Crippen LogP contribution in [0, 0.1) is 0 Å². The number of nitrogens with zero attached hydrogens (tertiary/aromatic N) is 3. The third-order valence-corrected chi connectivity index (χ3v) is 4.22. The Kier molecular flexibility index (Phi) is 3.16. The van der Waals surface area contributed by atoms with Gasteiger partial charge in [0.2, 0.25) is 11.8 Å². The Balaban J connectivity index is 1.77. The molecule has 0 bridgehead atoms. The number of likely N-dealkylation sites (N-methyl/N-ethyl adjacent to an activating group) is 1. The van der Waals surface area contributed by atoms with E-state index in [-0.39, 0.29) is 11.9 Å². The standard InChI is InChI=1S/C12H16N4O2S/c1-15-4-3-8(11(15)17)13-7-9-10(18-2)14-12-16(9)5-6-19-12/h5-6,8,13H,3-4,7H2,1-2H3. The molecule has 0 aromatic carbocycles. The summed E-state index contributed by atoms with van der Waals surface area (Å²) < 4.78 is 7.29. The van der Waals surface area contributed by atoms with E-state index in [1.807, 2.05) is 23.0 Å². The van der Waals surface area contributed by atoms with Crippen molar-refractivity contribution >= 4 is 22.2 Å². The molecule has 102 valence electrons. The van der Waals surface area contributed by atoms with Crippen molar-refractivity contribution in [1.82, 2.24) is 19.6 Å². The molecule has 1 aliphatic rings. The number of ether oxygens (including phenoxy) is 1. The molecule has 1 saturated heterocycles. The van der Waals surface area contributed by atoms with Gasteiger partial charge >= 0.3 is 0 Å². The van der Waals surface area contributed by atoms with Gasteiger partial charge in [-0.1, -0.05) is 0 Å². The normalized spacial score (nSPS) is 19.6. The lowest BCUT2D eigenvalue weighted by Crippen LogP contribution is -2.36. The van der Waals surface area contributed by atoms with Crippen molar-refractivity contribution in [3.63, 3.8) is 0 Å². The van der Waals surface area contributed by atoms with E-state index in [0.29, 0.717) is 12.4 Å². The summed E-state index contributed by atoms with van der Waals surface area (Å²) in [5, 5.41) is 5.28. The van der Waals surface area contributed by atoms with Gasteiger partial charge in [-0.05, 0) is 6.42 Å². The lowest BCUT2D eigenvalue weighted by molar-refractivity contribution is -0.128. The number of hydrogen-bond acceptors (Lipinski definition) is 5. The molecule has 7 heteroatoms. The lowest BCUT2D eigenvalue weighted by Gasteiger charge is -2.12. The summed E-state index contributed by atoms with van der Waals surface area (Å²) in [5.41, 5.74) is 0.959. The van der Waals surface area contributed by atoms with E-state index in [0.717, 1.165) is 23.6 Å². The van der Waals surface area contributed by atoms with Crippen molar-refractivity contribution in [1.29, 1.82) is 0 Å². The number of nitrogens with one attached hydrogen (secondary N) is 1. The molecular weight excluding hydrogens is 264 g/mol. The molecular formula is C12H16N4O2S. The third-order valence-electron chi connectivity index (χ3n) is 3.46. The topological polar surface area (TPSA) is 58.9 Å². The molecule has 6 nitrogen and oxygen atoms in total. The van der Waals surface area contributed by atoms with Gasteiger partial charge in [-0.15, -0.1) is 11.3 Å². The van der Waals surface area contributed by atoms with Gasteiger partial charge in [-0.25, -0.2) is 0 Å². The Morgan fingerprint density at radius 2 is 2.47 bits per heavy atom. The fraction of sp³-hybridized carbons (Fsp3) is 0.500. The number of hydrogen-bond donors (Lipinski definition) is 1. The Morgan fingerprint density at radius 1 is 1.63 bits per heavy atom. The molecule has 0 spiro atoms. The highest BCUT2D eigenvalue weighted by atomic mass is 32.1. The molecule has 0 aliphatic carbocycles. The Morgan fingerprint density at radius 3 is 3.16 bits per heavy atom. The first-order valence-corrected chi connectivity index (χ1v) is 7.05. The maximum atomic E-state index is 11.8. The molecule has 1 N–H and O–H groups in total. The molecule has 3 heterocycles. The van der Waals surface area contributed by atoms with Crippen molar-refractivity contribution in [2.24, 2.45) is 0 Å². The van der Waals surface area contributed by atoms with Crippen LogP contribution < -0.4 is 10.1 Å². The molecule has 2 aromatic rings. The monoisotopic (exact) mass is 280 g/mol. The van der Waals surface area contributed by atoms with Crippen LogP contribution >= 0.6 is 11.3 Å². The number of carbonyl (C=O) groups excluding carboxylic acids is 1. The van der Waals surface area contributed by atoms with Crippen molar-refractivity contribution in [2.75, 3.05) is 20.7 Å². The molecule has 1 unspecified atom stereocenters. The Labute approximate surface area is 115 Å². The van der Waals surface area contributed by atoms with E-state index in [4.69, 9.17) is 4.74 Å². The van der Waals surface area contributed by atoms with Gasteiger partial charge in [0.1, 0.15) is 5.69 Å². The zero-order valence-electron chi connectivity index (χ0n) is 10.9. The highest BCUT2D eigenvalue weighted by Crippen LogP contribution is 2.23. The van der Waals surface area contributed by atoms with Crippen molar-refractivity contribution in [3.05, 3.63) is 17.3 Å². The number of imidazole rings is 1. The molecule has 1 atom stereocenters. The van der Waals surface area contributed by atoms with Crippen LogP contribution in [0.3, 0.4) is 0 Å². The first-order valence-electron chi connectivity index (χ1n) is 6.17. The van der Waals surface area contributed by atoms with Gasteiger partial charge in [0.05, 0.1) is 13.2 Å². The van der Waals surface area contributed by atoms with Crippen LogP contribution in [0.2, 0.25) is 0 Å². The number of thiazole rings is 1. The van der Waals surface area contributed by atoms with E-state index in [1.54, 1.807) is 23.3 Å². The van der Waals surface area contributed by atoms with E-state index in [2.05, 4.69) is 10.3 Å². The van der Waals surface area contributed by atoms with Crippen LogP contribution in [-0.4, -0.2) is 46.9 Å². The molecule has 1 fully saturated rings. The zero-order valence-corrected chi connectivity index (χ0v) is 11.7. The third kappa shape index (κ3) is 2.08. The smallest absolute Gasteiger partial charge is 0.239 e. The van der Waals surface area contributed by atoms with Crippen LogP contribution in [0.1, 0.15) is 12.1 Å². The number of methoxy groups -OCH3 is 1. The number of likely N-dealkylation sites (tertiary alicyclic amines) is 1. The minimum atomic E-state index is -0.0982. The number of fused-ring (bicyclic) bond motifs is 1. The SMILES string of the molecule is COc1nc2sccn2c1CNC1CCN(C)C1=O. The molecule has 3 rings (SSSR count). The second kappa shape index (κ2) is 4.82. The summed E-state index contributed by atoms with van der Waals surface area (Å²) in [7, 11) is 3.45. The summed E-state index contributed by atoms with van der Waals surface area (Å²) in [6.45, 7) is 1.39. The fourth-order valence-corrected chi connectivity index (χ4v) is 3.09. The van der Waals surface area contributed by atoms with Gasteiger partial charge in [-0.2, -0.15) is 4.98 Å². The first-order chi connectivity index (χ1) is 9.20. The zero-order chi connectivity index (χ0) is 13.4. The van der Waals surface area contributed by atoms with Gasteiger partial charge in [0.15, 0.2) is 4.96 Å². The van der Waals surface area contributed by atoms with Crippen molar-refractivity contribution < 1.29 is 9.53 Å². The van der Waals surface area contributed by atoms with Crippen LogP contribution in [-0.2, 0) is 11.3 Å². The molecule has 1 amide bonds. The van der Waals surface area contributed by atoms with E-state index >= 15 is 0 Å². The van der Waals surface area contributed by atoms with Crippen molar-refractivity contribution in [3.8, 4) is 5.88 Å². The van der Waals surface area contributed by atoms with Crippen LogP contribution in [0.25, 0.3) is 4.96 Å². The summed E-state index contributed by atoms with van der Waals surface area (Å²) in [4.78, 5) is 18.9. The fourth-order valence-electron chi connectivity index (χ4n) is 2.37. The van der Waals surface area contributed by atoms with Crippen LogP contribution in [0.5, 0.6) is 5.88 Å². The second-order valence-corrected chi connectivity index (χ2v) is 5.48. The Hall–Kier alpha value is -1.60. The largest absolute Gasteiger partial charge is 0.480 e. The van der Waals surface area contributed by atoms with Crippen molar-refractivity contribution in [2.45, 2.75) is 19.0 Å². The second-order valence-electron chi connectivity index (χ2n) is 4.61. The van der Waals surface area contributed by atoms with Gasteiger partial charge < -0.3 is 9.64 Å². The number of amides is 1. The number of aromatic nitrogens is 2. The molecule has 0 saturated carbocycles. The number of rotatable bonds is 4. The van der Waals surface area contributed by atoms with E-state index < -0.39 is 0 Å². The van der Waals surface area contributed by atoms with Crippen LogP contribution in [0.15, 0.2) is 11.6 Å². The summed E-state index contributed by atoms with van der Waals surface area (Å²) in [6.07, 6.45) is 2.82. The predicted octanol–water partition coefficient (Wildman–Crippen LogP) is 0.725. The molecule has 2 aromatic heterocycles. The molecule has 19 heavy (non-hydrogen) atoms. The van der Waals surface area contributed by atoms with E-state index in [9.17, 15) is 4.79 Å². The highest BCUT2D eigenvalue weighted by molar-refractivity contribution is 7.15. The van der Waals surface area contributed by atoms with Gasteiger partial charge in [-0.3, -0.25) is 14.5 Å². The van der Waals surface area contributed by atoms with E-state index in [1.165, 1.54) is 0 Å². The maximum absolute atomic E-state index is 11.8. The molecule has 0 radical (unpaired) electrons. The summed E-state index contributed by atoms with van der Waals surface area (Å²) >= 11 is 1.57. The predicted molar refractivity (Wildman–Crippen MR) is 72.5 cm³/mol. The maximum Gasteiger partial charge on any atom is 0.239 e. The first kappa shape index (κ1) is 12.4. The highest BCUT2D eigenvalue weighted by Gasteiger charge is 2.29. The quantitative estimate of drug-likeness (QED) is 0.897. The average molecular weight is 280 g/mol. The number of carbonyl (C=O) groups is 1. The average Bonchev–Trinajstić information content (AvgIpc) is 3.05. The molecule has 1 aliphatic heterocycles. The minimum Gasteiger partial charge on any atom is -0.480 e. The minimum absolute atomic E-state index is 0.0982. The van der Waals surface area contributed by atoms with Gasteiger partial charge in [0.25, 0.3) is 0 Å². The Bertz CT molecular complexity index is 606. The van der Waals surface area contributed by atoms with Crippen LogP contribution in [0.4, 0.5) is 0 Å². The summed E-state index contributed by atoms with van der Waals surface area (Å²) in [6, 6.07) is -0.0982. The summed E-state index contributed by atoms with van der Waals surface area (Å²) in [5.74, 6) is 0.781. The lowest BCUT2D eigenvalue weighted by atomic mass is 10.2.